The number of rotatable bonds is 7. The van der Waals surface area contributed by atoms with Gasteiger partial charge in [-0.3, -0.25) is 0 Å². The average molecular weight is 773 g/mol. The summed E-state index contributed by atoms with van der Waals surface area (Å²) in [6.45, 7) is 0. The van der Waals surface area contributed by atoms with E-state index in [1.165, 1.54) is 0 Å². The monoisotopic (exact) mass is 772 g/mol. The van der Waals surface area contributed by atoms with Crippen molar-refractivity contribution in [2.24, 2.45) is 0 Å². The number of anilines is 6. The maximum atomic E-state index is 4.71. The van der Waals surface area contributed by atoms with E-state index in [1.54, 1.807) is 0 Å². The minimum Gasteiger partial charge on any atom is -0.409 e. The number of nitrogens with zero attached hydrogens (tertiary/aromatic N) is 5. The van der Waals surface area contributed by atoms with Crippen LogP contribution in [0.25, 0.3) is 27.5 Å². The van der Waals surface area contributed by atoms with Gasteiger partial charge in [-0.05, 0) is 72.0 Å². The molecule has 0 fully saturated rings. The second kappa shape index (κ2) is 12.8. The zero-order valence-corrected chi connectivity index (χ0v) is 26.9. The number of benzene rings is 5. The topological polar surface area (TPSA) is 37.2 Å². The van der Waals surface area contributed by atoms with Crippen molar-refractivity contribution in [1.82, 2.24) is 14.5 Å². The van der Waals surface area contributed by atoms with Crippen LogP contribution >= 0.6 is 0 Å². The van der Waals surface area contributed by atoms with Gasteiger partial charge in [0.15, 0.2) is 0 Å². The minimum atomic E-state index is 0. The van der Waals surface area contributed by atoms with Gasteiger partial charge in [0.05, 0.1) is 0 Å². The Morgan fingerprint density at radius 1 is 0.435 bits per heavy atom. The number of hydrogen-bond acceptors (Lipinski definition) is 4. The Morgan fingerprint density at radius 3 is 1.26 bits per heavy atom. The molecule has 0 atom stereocenters. The molecular formula is C40H27N5Pt. The quantitative estimate of drug-likeness (QED) is 0.151. The maximum absolute atomic E-state index is 4.71. The molecule has 5 aromatic carbocycles. The molecule has 0 saturated carbocycles. The maximum Gasteiger partial charge on any atom is 2.00 e. The molecule has 3 aromatic heterocycles. The van der Waals surface area contributed by atoms with Gasteiger partial charge in [0.1, 0.15) is 11.6 Å². The molecule has 0 saturated heterocycles. The second-order valence-corrected chi connectivity index (χ2v) is 10.6. The number of para-hydroxylation sites is 3. The molecule has 0 unspecified atom stereocenters. The van der Waals surface area contributed by atoms with Crippen LogP contribution in [0, 0.1) is 12.1 Å². The van der Waals surface area contributed by atoms with E-state index >= 15 is 0 Å². The summed E-state index contributed by atoms with van der Waals surface area (Å²) in [5.74, 6) is 1.64. The molecule has 222 valence electrons. The first-order valence-corrected chi connectivity index (χ1v) is 14.9. The first-order chi connectivity index (χ1) is 22.3. The van der Waals surface area contributed by atoms with Crippen LogP contribution in [0.4, 0.5) is 34.4 Å². The van der Waals surface area contributed by atoms with E-state index in [4.69, 9.17) is 9.97 Å². The number of hydrogen-bond donors (Lipinski definition) is 0. The molecule has 0 aliphatic heterocycles. The van der Waals surface area contributed by atoms with Gasteiger partial charge in [0.25, 0.3) is 0 Å². The Labute approximate surface area is 282 Å². The van der Waals surface area contributed by atoms with Crippen LogP contribution in [-0.2, 0) is 21.1 Å². The second-order valence-electron chi connectivity index (χ2n) is 10.6. The molecule has 0 N–H and O–H groups in total. The third-order valence-electron chi connectivity index (χ3n) is 7.83. The van der Waals surface area contributed by atoms with Crippen molar-refractivity contribution in [3.63, 3.8) is 0 Å². The number of pyridine rings is 2. The van der Waals surface area contributed by atoms with Crippen LogP contribution in [0.1, 0.15) is 0 Å². The Bertz CT molecular complexity index is 1990. The van der Waals surface area contributed by atoms with E-state index in [9.17, 15) is 0 Å². The molecule has 0 aliphatic rings. The summed E-state index contributed by atoms with van der Waals surface area (Å²) in [4.78, 5) is 13.7. The molecule has 3 heterocycles. The molecule has 0 radical (unpaired) electrons. The first kappa shape index (κ1) is 29.2. The normalized spacial score (nSPS) is 10.9. The van der Waals surface area contributed by atoms with Crippen LogP contribution in [0.15, 0.2) is 164 Å². The molecule has 46 heavy (non-hydrogen) atoms. The van der Waals surface area contributed by atoms with Crippen molar-refractivity contribution in [2.45, 2.75) is 0 Å². The molecular weight excluding hydrogens is 746 g/mol. The molecule has 0 aliphatic carbocycles. The predicted molar refractivity (Wildman–Crippen MR) is 183 cm³/mol. The van der Waals surface area contributed by atoms with Gasteiger partial charge in [0.2, 0.25) is 0 Å². The van der Waals surface area contributed by atoms with Gasteiger partial charge in [-0.1, -0.05) is 77.8 Å². The van der Waals surface area contributed by atoms with E-state index in [2.05, 4.69) is 99.3 Å². The average Bonchev–Trinajstić information content (AvgIpc) is 3.44. The largest absolute Gasteiger partial charge is 2.00 e. The number of fused-ring (bicyclic) bond motifs is 3. The zero-order valence-electron chi connectivity index (χ0n) is 24.6. The standard InChI is InChI=1S/C40H27N5.Pt/c1-4-14-30(15-5-1)43(39-20-10-12-26-41-39)33-22-24-37-35(28-33)36-29-34(23-25-38(36)45(37)32-18-8-3-9-19-32)44(31-16-6-2-7-17-31)40-21-11-13-27-42-40;/h1-27H;/q-2;+2. The molecule has 8 aromatic rings. The summed E-state index contributed by atoms with van der Waals surface area (Å²) < 4.78 is 2.28. The molecule has 0 spiro atoms. The summed E-state index contributed by atoms with van der Waals surface area (Å²) in [6.07, 6.45) is 3.64. The predicted octanol–water partition coefficient (Wildman–Crippen LogP) is 10.1. The van der Waals surface area contributed by atoms with Gasteiger partial charge in [-0.15, -0.1) is 24.3 Å². The van der Waals surface area contributed by atoms with Crippen LogP contribution < -0.4 is 9.80 Å². The first-order valence-electron chi connectivity index (χ1n) is 14.9. The van der Waals surface area contributed by atoms with Gasteiger partial charge in [-0.25, -0.2) is 9.97 Å². The molecule has 5 nitrogen and oxygen atoms in total. The minimum absolute atomic E-state index is 0. The van der Waals surface area contributed by atoms with Crippen molar-refractivity contribution in [1.29, 1.82) is 0 Å². The summed E-state index contributed by atoms with van der Waals surface area (Å²) in [5, 5.41) is 1.94. The fourth-order valence-corrected chi connectivity index (χ4v) is 5.87. The van der Waals surface area contributed by atoms with E-state index < -0.39 is 0 Å². The van der Waals surface area contributed by atoms with Gasteiger partial charge >= 0.3 is 21.1 Å². The van der Waals surface area contributed by atoms with Crippen LogP contribution in [-0.4, -0.2) is 14.5 Å². The SMILES string of the molecule is [Pt+2].[c-]1c(N(c2ccccc2)c2ccccn2)ccc2c1c1[c-]c(N(c3ccccc3)c3ccccn3)ccc1n2-c1ccccc1. The van der Waals surface area contributed by atoms with Gasteiger partial charge in [-0.2, -0.15) is 22.9 Å². The van der Waals surface area contributed by atoms with Crippen molar-refractivity contribution in [3.8, 4) is 5.69 Å². The third-order valence-corrected chi connectivity index (χ3v) is 7.83. The van der Waals surface area contributed by atoms with Gasteiger partial charge < -0.3 is 14.4 Å². The molecule has 0 bridgehead atoms. The van der Waals surface area contributed by atoms with E-state index in [0.717, 1.165) is 61.9 Å². The van der Waals surface area contributed by atoms with Crippen LogP contribution in [0.3, 0.4) is 0 Å². The molecule has 6 heteroatoms. The van der Waals surface area contributed by atoms with Crippen molar-refractivity contribution < 1.29 is 21.1 Å². The van der Waals surface area contributed by atoms with Gasteiger partial charge in [0, 0.05) is 29.5 Å². The summed E-state index contributed by atoms with van der Waals surface area (Å²) in [7, 11) is 0. The van der Waals surface area contributed by atoms with Crippen LogP contribution in [0.2, 0.25) is 0 Å². The Balaban J connectivity index is 0.00000338. The Kier molecular flexibility index (Phi) is 8.16. The fraction of sp³-hybridized carbons (Fsp3) is 0. The number of aromatic nitrogens is 3. The molecule has 8 rings (SSSR count). The van der Waals surface area contributed by atoms with E-state index in [1.807, 2.05) is 91.3 Å². The van der Waals surface area contributed by atoms with Crippen molar-refractivity contribution >= 4 is 56.2 Å². The summed E-state index contributed by atoms with van der Waals surface area (Å²) in [5.41, 5.74) is 6.97. The Morgan fingerprint density at radius 2 is 0.848 bits per heavy atom. The Hall–Kier alpha value is -5.51. The summed E-state index contributed by atoms with van der Waals surface area (Å²) >= 11 is 0. The van der Waals surface area contributed by atoms with Crippen LogP contribution in [0.5, 0.6) is 0 Å². The third kappa shape index (κ3) is 5.36. The van der Waals surface area contributed by atoms with E-state index in [0.29, 0.717) is 0 Å². The summed E-state index contributed by atoms with van der Waals surface area (Å²) in [6, 6.07) is 59.2. The zero-order chi connectivity index (χ0) is 30.0. The van der Waals surface area contributed by atoms with E-state index in [-0.39, 0.29) is 21.1 Å². The fourth-order valence-electron chi connectivity index (χ4n) is 5.87. The smallest absolute Gasteiger partial charge is 0.409 e. The van der Waals surface area contributed by atoms with Crippen molar-refractivity contribution in [2.75, 3.05) is 9.80 Å². The molecule has 0 amide bonds. The van der Waals surface area contributed by atoms with Crippen molar-refractivity contribution in [3.05, 3.63) is 176 Å².